The maximum atomic E-state index is 13.0. The minimum atomic E-state index is -1.14. The average Bonchev–Trinajstić information content (AvgIpc) is 2.82. The van der Waals surface area contributed by atoms with Crippen molar-refractivity contribution in [2.75, 3.05) is 4.90 Å². The van der Waals surface area contributed by atoms with Crippen molar-refractivity contribution in [3.63, 3.8) is 0 Å². The Bertz CT molecular complexity index is 1320. The van der Waals surface area contributed by atoms with Crippen molar-refractivity contribution >= 4 is 47.2 Å². The number of nitrogens with one attached hydrogen (secondary N) is 1. The molecule has 1 aliphatic heterocycles. The van der Waals surface area contributed by atoms with Gasteiger partial charge in [-0.2, -0.15) is 0 Å². The van der Waals surface area contributed by atoms with E-state index >= 15 is 0 Å². The Hall–Kier alpha value is -4.43. The molecule has 1 fully saturated rings. The first kappa shape index (κ1) is 22.8. The van der Waals surface area contributed by atoms with Crippen LogP contribution in [-0.4, -0.2) is 28.9 Å². The number of halogens is 1. The number of carbonyl (C=O) groups excluding carboxylic acids is 3. The standard InChI is InChI=1S/C25H17ClN2O6/c26-21-4-2-1-3-17(21)14-34-19-11-5-15(6-12-19)13-20-22(29)27-25(33)28(23(20)30)18-9-7-16(8-10-18)24(31)32/h1-13H,14H2,(H,31,32)(H,27,29,33)/b20-13+. The summed E-state index contributed by atoms with van der Waals surface area (Å²) in [6, 6.07) is 18.3. The average molecular weight is 477 g/mol. The van der Waals surface area contributed by atoms with E-state index in [1.165, 1.54) is 30.3 Å². The van der Waals surface area contributed by atoms with Crippen molar-refractivity contribution in [3.8, 4) is 5.75 Å². The third-order valence-electron chi connectivity index (χ3n) is 5.02. The van der Waals surface area contributed by atoms with Gasteiger partial charge in [0.2, 0.25) is 0 Å². The third-order valence-corrected chi connectivity index (χ3v) is 5.39. The van der Waals surface area contributed by atoms with E-state index in [9.17, 15) is 19.2 Å². The van der Waals surface area contributed by atoms with Gasteiger partial charge in [0.1, 0.15) is 17.9 Å². The van der Waals surface area contributed by atoms with Crippen LogP contribution >= 0.6 is 11.6 Å². The molecule has 0 spiro atoms. The summed E-state index contributed by atoms with van der Waals surface area (Å²) in [5, 5.41) is 11.8. The van der Waals surface area contributed by atoms with E-state index < -0.39 is 23.8 Å². The Kier molecular flexibility index (Phi) is 6.42. The molecule has 1 saturated heterocycles. The predicted molar refractivity (Wildman–Crippen MR) is 125 cm³/mol. The Morgan fingerprint density at radius 3 is 2.29 bits per heavy atom. The molecule has 0 unspecified atom stereocenters. The van der Waals surface area contributed by atoms with E-state index in [1.54, 1.807) is 30.3 Å². The minimum Gasteiger partial charge on any atom is -0.489 e. The second-order valence-electron chi connectivity index (χ2n) is 7.26. The Balaban J connectivity index is 1.52. The molecule has 4 rings (SSSR count). The first-order chi connectivity index (χ1) is 16.3. The molecule has 3 aromatic carbocycles. The fourth-order valence-electron chi connectivity index (χ4n) is 3.25. The van der Waals surface area contributed by atoms with Crippen LogP contribution in [0.1, 0.15) is 21.5 Å². The Morgan fingerprint density at radius 2 is 1.65 bits per heavy atom. The van der Waals surface area contributed by atoms with Crippen molar-refractivity contribution in [1.82, 2.24) is 5.32 Å². The molecule has 0 radical (unpaired) electrons. The number of carboxylic acids is 1. The molecular weight excluding hydrogens is 460 g/mol. The van der Waals surface area contributed by atoms with Gasteiger partial charge in [-0.25, -0.2) is 14.5 Å². The van der Waals surface area contributed by atoms with Crippen LogP contribution in [0.5, 0.6) is 5.75 Å². The van der Waals surface area contributed by atoms with Crippen LogP contribution in [-0.2, 0) is 16.2 Å². The lowest BCUT2D eigenvalue weighted by Gasteiger charge is -2.26. The van der Waals surface area contributed by atoms with Gasteiger partial charge in [0, 0.05) is 10.6 Å². The zero-order valence-corrected chi connectivity index (χ0v) is 18.3. The van der Waals surface area contributed by atoms with Crippen LogP contribution in [0.15, 0.2) is 78.4 Å². The Morgan fingerprint density at radius 1 is 0.971 bits per heavy atom. The second kappa shape index (κ2) is 9.60. The van der Waals surface area contributed by atoms with Gasteiger partial charge in [-0.3, -0.25) is 14.9 Å². The number of ether oxygens (including phenoxy) is 1. The number of barbiturate groups is 1. The Labute approximate surface area is 199 Å². The fourth-order valence-corrected chi connectivity index (χ4v) is 3.44. The summed E-state index contributed by atoms with van der Waals surface area (Å²) in [5.41, 5.74) is 1.26. The van der Waals surface area contributed by atoms with Gasteiger partial charge in [-0.1, -0.05) is 41.9 Å². The number of hydrogen-bond acceptors (Lipinski definition) is 5. The summed E-state index contributed by atoms with van der Waals surface area (Å²) in [6.07, 6.45) is 1.36. The topological polar surface area (TPSA) is 113 Å². The maximum Gasteiger partial charge on any atom is 0.335 e. The zero-order chi connectivity index (χ0) is 24.2. The first-order valence-electron chi connectivity index (χ1n) is 10.0. The van der Waals surface area contributed by atoms with Gasteiger partial charge in [0.25, 0.3) is 11.8 Å². The normalized spacial score (nSPS) is 14.8. The largest absolute Gasteiger partial charge is 0.489 e. The van der Waals surface area contributed by atoms with Crippen LogP contribution in [0, 0.1) is 0 Å². The lowest BCUT2D eigenvalue weighted by Crippen LogP contribution is -2.54. The van der Waals surface area contributed by atoms with Crippen LogP contribution < -0.4 is 15.0 Å². The van der Waals surface area contributed by atoms with E-state index in [-0.39, 0.29) is 23.4 Å². The molecule has 34 heavy (non-hydrogen) atoms. The molecular formula is C25H17ClN2O6. The molecule has 1 aliphatic rings. The molecule has 4 amide bonds. The number of amides is 4. The summed E-state index contributed by atoms with van der Waals surface area (Å²) in [6.45, 7) is 0.277. The molecule has 0 atom stereocenters. The van der Waals surface area contributed by atoms with Gasteiger partial charge in [0.15, 0.2) is 0 Å². The van der Waals surface area contributed by atoms with Crippen LogP contribution in [0.3, 0.4) is 0 Å². The number of benzene rings is 3. The molecule has 170 valence electrons. The molecule has 1 heterocycles. The van der Waals surface area contributed by atoms with Crippen LogP contribution in [0.4, 0.5) is 10.5 Å². The van der Waals surface area contributed by atoms with Gasteiger partial charge in [-0.15, -0.1) is 0 Å². The molecule has 9 heteroatoms. The first-order valence-corrected chi connectivity index (χ1v) is 10.4. The van der Waals surface area contributed by atoms with Crippen molar-refractivity contribution < 1.29 is 29.0 Å². The zero-order valence-electron chi connectivity index (χ0n) is 17.5. The summed E-state index contributed by atoms with van der Waals surface area (Å²) in [5.74, 6) is -2.23. The molecule has 0 bridgehead atoms. The lowest BCUT2D eigenvalue weighted by molar-refractivity contribution is -0.122. The summed E-state index contributed by atoms with van der Waals surface area (Å²) >= 11 is 6.13. The van der Waals surface area contributed by atoms with Gasteiger partial charge in [-0.05, 0) is 54.1 Å². The lowest BCUT2D eigenvalue weighted by atomic mass is 10.1. The third kappa shape index (κ3) is 4.82. The molecule has 2 N–H and O–H groups in total. The molecule has 3 aromatic rings. The smallest absolute Gasteiger partial charge is 0.335 e. The number of imide groups is 2. The predicted octanol–water partition coefficient (Wildman–Crippen LogP) is 4.28. The van der Waals surface area contributed by atoms with E-state index in [2.05, 4.69) is 5.32 Å². The monoisotopic (exact) mass is 476 g/mol. The highest BCUT2D eigenvalue weighted by Crippen LogP contribution is 2.24. The number of anilines is 1. The number of carboxylic acid groups (broad SMARTS) is 1. The van der Waals surface area contributed by atoms with Crippen molar-refractivity contribution in [2.24, 2.45) is 0 Å². The van der Waals surface area contributed by atoms with Crippen LogP contribution in [0.25, 0.3) is 6.08 Å². The maximum absolute atomic E-state index is 13.0. The molecule has 8 nitrogen and oxygen atoms in total. The SMILES string of the molecule is O=C1NC(=O)N(c2ccc(C(=O)O)cc2)C(=O)/C1=C/c1ccc(OCc2ccccc2Cl)cc1. The second-order valence-corrected chi connectivity index (χ2v) is 7.67. The number of rotatable bonds is 6. The van der Waals surface area contributed by atoms with Gasteiger partial charge < -0.3 is 9.84 Å². The summed E-state index contributed by atoms with van der Waals surface area (Å²) in [4.78, 5) is 49.4. The molecule has 0 aromatic heterocycles. The fraction of sp³-hybridized carbons (Fsp3) is 0.0400. The van der Waals surface area contributed by atoms with Crippen LogP contribution in [0.2, 0.25) is 5.02 Å². The number of nitrogens with zero attached hydrogens (tertiary/aromatic N) is 1. The van der Waals surface area contributed by atoms with Gasteiger partial charge >= 0.3 is 12.0 Å². The van der Waals surface area contributed by atoms with E-state index in [0.717, 1.165) is 10.5 Å². The number of aromatic carboxylic acids is 1. The van der Waals surface area contributed by atoms with Crippen molar-refractivity contribution in [2.45, 2.75) is 6.61 Å². The summed E-state index contributed by atoms with van der Waals surface area (Å²) < 4.78 is 5.73. The molecule has 0 saturated carbocycles. The minimum absolute atomic E-state index is 0.00250. The number of carbonyl (C=O) groups is 4. The van der Waals surface area contributed by atoms with E-state index in [4.69, 9.17) is 21.4 Å². The quantitative estimate of drug-likeness (QED) is 0.405. The van der Waals surface area contributed by atoms with Crippen molar-refractivity contribution in [1.29, 1.82) is 0 Å². The number of hydrogen-bond donors (Lipinski definition) is 2. The summed E-state index contributed by atoms with van der Waals surface area (Å²) in [7, 11) is 0. The highest BCUT2D eigenvalue weighted by atomic mass is 35.5. The van der Waals surface area contributed by atoms with E-state index in [0.29, 0.717) is 16.3 Å². The number of urea groups is 1. The highest BCUT2D eigenvalue weighted by molar-refractivity contribution is 6.39. The highest BCUT2D eigenvalue weighted by Gasteiger charge is 2.36. The van der Waals surface area contributed by atoms with E-state index in [1.807, 2.05) is 18.2 Å². The molecule has 0 aliphatic carbocycles. The van der Waals surface area contributed by atoms with Crippen molar-refractivity contribution in [3.05, 3.63) is 100 Å². The van der Waals surface area contributed by atoms with Gasteiger partial charge in [0.05, 0.1) is 11.3 Å².